The Morgan fingerprint density at radius 2 is 1.60 bits per heavy atom. The molecule has 0 aromatic heterocycles. The molecule has 226 valence electrons. The number of hydrogen-bond acceptors (Lipinski definition) is 9. The van der Waals surface area contributed by atoms with Crippen molar-refractivity contribution >= 4 is 17.3 Å². The van der Waals surface area contributed by atoms with Crippen LogP contribution in [0.4, 0.5) is 0 Å². The maximum absolute atomic E-state index is 13.4. The molecule has 0 bridgehead atoms. The quantitative estimate of drug-likeness (QED) is 0.240. The lowest BCUT2D eigenvalue weighted by Crippen LogP contribution is -2.67. The molecule has 0 aliphatic heterocycles. The van der Waals surface area contributed by atoms with Gasteiger partial charge in [-0.15, -0.1) is 0 Å². The van der Waals surface area contributed by atoms with E-state index in [1.54, 1.807) is 0 Å². The van der Waals surface area contributed by atoms with Crippen molar-refractivity contribution in [3.05, 3.63) is 11.6 Å². The third-order valence-corrected chi connectivity index (χ3v) is 11.6. The maximum Gasteiger partial charge on any atom is 0.174 e. The van der Waals surface area contributed by atoms with Crippen molar-refractivity contribution in [3.63, 3.8) is 0 Å². The number of fused-ring (bicyclic) bond motifs is 5. The summed E-state index contributed by atoms with van der Waals surface area (Å²) in [5.41, 5.74) is -8.26. The van der Waals surface area contributed by atoms with Crippen molar-refractivity contribution in [2.75, 3.05) is 0 Å². The van der Waals surface area contributed by atoms with E-state index in [1.165, 1.54) is 33.8 Å². The van der Waals surface area contributed by atoms with E-state index in [9.17, 15) is 45.0 Å². The van der Waals surface area contributed by atoms with Crippen LogP contribution in [0.3, 0.4) is 0 Å². The third-order valence-electron chi connectivity index (χ3n) is 11.6. The van der Waals surface area contributed by atoms with E-state index in [4.69, 9.17) is 0 Å². The molecule has 9 heteroatoms. The molecular formula is C31H48O9. The summed E-state index contributed by atoms with van der Waals surface area (Å²) < 4.78 is 0. The average Bonchev–Trinajstić information content (AvgIpc) is 3.10. The Morgan fingerprint density at radius 1 is 0.975 bits per heavy atom. The van der Waals surface area contributed by atoms with E-state index in [0.717, 1.165) is 0 Å². The highest BCUT2D eigenvalue weighted by molar-refractivity contribution is 6.02. The Bertz CT molecular complexity index is 1100. The lowest BCUT2D eigenvalue weighted by atomic mass is 9.45. The van der Waals surface area contributed by atoms with Gasteiger partial charge in [-0.3, -0.25) is 14.4 Å². The highest BCUT2D eigenvalue weighted by atomic mass is 16.4. The fraction of sp³-hybridized carbons (Fsp3) is 0.839. The summed E-state index contributed by atoms with van der Waals surface area (Å²) in [4.78, 5) is 38.7. The Balaban J connectivity index is 1.75. The number of hydrogen-bond donors (Lipinski definition) is 6. The zero-order valence-corrected chi connectivity index (χ0v) is 24.7. The molecule has 4 aliphatic carbocycles. The smallest absolute Gasteiger partial charge is 0.174 e. The van der Waals surface area contributed by atoms with Gasteiger partial charge in [0, 0.05) is 11.3 Å². The minimum atomic E-state index is -2.36. The first-order valence-electron chi connectivity index (χ1n) is 14.7. The van der Waals surface area contributed by atoms with Gasteiger partial charge in [-0.2, -0.15) is 0 Å². The largest absolute Gasteiger partial charge is 0.390 e. The van der Waals surface area contributed by atoms with E-state index in [0.29, 0.717) is 18.4 Å². The van der Waals surface area contributed by atoms with Gasteiger partial charge in [0.15, 0.2) is 17.2 Å². The Labute approximate surface area is 236 Å². The zero-order chi connectivity index (χ0) is 30.3. The van der Waals surface area contributed by atoms with Gasteiger partial charge in [-0.05, 0) is 108 Å². The second-order valence-electron chi connectivity index (χ2n) is 14.7. The van der Waals surface area contributed by atoms with Gasteiger partial charge in [0.25, 0.3) is 0 Å². The molecule has 1 unspecified atom stereocenters. The molecule has 10 atom stereocenters. The summed E-state index contributed by atoms with van der Waals surface area (Å²) in [5.74, 6) is -2.92. The molecule has 0 saturated heterocycles. The number of carbonyl (C=O) groups is 3. The minimum absolute atomic E-state index is 0.00730. The van der Waals surface area contributed by atoms with Crippen LogP contribution in [0.15, 0.2) is 11.6 Å². The van der Waals surface area contributed by atoms with Crippen LogP contribution in [0.5, 0.6) is 0 Å². The monoisotopic (exact) mass is 564 g/mol. The Morgan fingerprint density at radius 3 is 2.17 bits per heavy atom. The van der Waals surface area contributed by atoms with Crippen LogP contribution in [0.2, 0.25) is 0 Å². The topological polar surface area (TPSA) is 173 Å². The first-order chi connectivity index (χ1) is 18.1. The number of rotatable bonds is 8. The van der Waals surface area contributed by atoms with Crippen molar-refractivity contribution < 1.29 is 45.0 Å². The number of Topliss-reactive ketones (excluding diaryl/α,β-unsaturated/α-hetero) is 2. The number of allylic oxidation sites excluding steroid dienone is 1. The number of ketones is 3. The summed E-state index contributed by atoms with van der Waals surface area (Å²) >= 11 is 0. The molecule has 4 aliphatic rings. The average molecular weight is 565 g/mol. The maximum atomic E-state index is 13.4. The van der Waals surface area contributed by atoms with Gasteiger partial charge >= 0.3 is 0 Å². The van der Waals surface area contributed by atoms with Crippen LogP contribution in [-0.2, 0) is 14.4 Å². The van der Waals surface area contributed by atoms with Crippen LogP contribution < -0.4 is 0 Å². The third kappa shape index (κ3) is 4.56. The molecule has 9 nitrogen and oxygen atoms in total. The molecule has 0 aromatic rings. The van der Waals surface area contributed by atoms with Crippen molar-refractivity contribution in [1.82, 2.24) is 0 Å². The van der Waals surface area contributed by atoms with E-state index in [2.05, 4.69) is 0 Å². The zero-order valence-electron chi connectivity index (χ0n) is 24.7. The van der Waals surface area contributed by atoms with Crippen LogP contribution >= 0.6 is 0 Å². The lowest BCUT2D eigenvalue weighted by Gasteiger charge is -2.61. The fourth-order valence-corrected chi connectivity index (χ4v) is 9.09. The second-order valence-corrected chi connectivity index (χ2v) is 14.7. The van der Waals surface area contributed by atoms with Crippen LogP contribution in [0, 0.1) is 28.6 Å². The minimum Gasteiger partial charge on any atom is -0.390 e. The van der Waals surface area contributed by atoms with Crippen molar-refractivity contribution in [2.45, 2.75) is 134 Å². The van der Waals surface area contributed by atoms with Gasteiger partial charge in [0.2, 0.25) is 0 Å². The summed E-state index contributed by atoms with van der Waals surface area (Å²) in [6, 6.07) is 0. The van der Waals surface area contributed by atoms with E-state index in [1.807, 2.05) is 13.8 Å². The Kier molecular flexibility index (Phi) is 7.69. The van der Waals surface area contributed by atoms with Crippen molar-refractivity contribution in [1.29, 1.82) is 0 Å². The van der Waals surface area contributed by atoms with Crippen molar-refractivity contribution in [3.8, 4) is 0 Å². The molecule has 0 radical (unpaired) electrons. The van der Waals surface area contributed by atoms with Gasteiger partial charge in [0.1, 0.15) is 11.4 Å². The number of carbonyl (C=O) groups excluding carboxylic acids is 3. The molecule has 40 heavy (non-hydrogen) atoms. The highest BCUT2D eigenvalue weighted by Crippen LogP contribution is 2.69. The highest BCUT2D eigenvalue weighted by Gasteiger charge is 2.71. The van der Waals surface area contributed by atoms with Gasteiger partial charge in [-0.1, -0.05) is 13.8 Å². The van der Waals surface area contributed by atoms with Crippen LogP contribution in [0.1, 0.15) is 99.3 Å². The van der Waals surface area contributed by atoms with Crippen molar-refractivity contribution in [2.24, 2.45) is 28.6 Å². The van der Waals surface area contributed by atoms with E-state index < -0.39 is 75.3 Å². The first kappa shape index (κ1) is 31.4. The molecule has 0 heterocycles. The summed E-state index contributed by atoms with van der Waals surface area (Å²) in [7, 11) is 0. The molecular weight excluding hydrogens is 516 g/mol. The first-order valence-corrected chi connectivity index (χ1v) is 14.7. The molecule has 6 N–H and O–H groups in total. The summed E-state index contributed by atoms with van der Waals surface area (Å²) in [5, 5.41) is 67.7. The number of aliphatic hydroxyl groups excluding tert-OH is 2. The predicted molar refractivity (Wildman–Crippen MR) is 146 cm³/mol. The van der Waals surface area contributed by atoms with Crippen LogP contribution in [0.25, 0.3) is 0 Å². The summed E-state index contributed by atoms with van der Waals surface area (Å²) in [6.45, 7) is 9.49. The standard InChI is InChI=1S/C31H48O9/c1-17(32)13-25(36)31(40,12-11-26(2,3)37)29(6,38)24-8-10-30(39)19-14-21(33)20-15-22(34)23(35)16-27(20,4)18(19)7-9-28(24,30)5/h14,18,20,22-24,34-35,37-40H,7-13,15-16H2,1-6H3/t18-,20-,22+,23-,24-,27+,28+,29+,30+,31?/m0/s1. The SMILES string of the molecule is CC(=O)CC(=O)C(O)(CCC(C)(C)O)[C@](C)(O)[C@H]1CC[C@@]2(O)C3=CC(=O)[C@@H]4C[C@@H](O)[C@@H](O)C[C@]4(C)[C@H]3CC[C@]12C. The number of aliphatic hydroxyl groups is 6. The molecule has 4 rings (SSSR count). The molecule has 3 fully saturated rings. The van der Waals surface area contributed by atoms with Gasteiger partial charge < -0.3 is 30.6 Å². The molecule has 0 spiro atoms. The van der Waals surface area contributed by atoms with E-state index >= 15 is 0 Å². The second kappa shape index (κ2) is 9.78. The Hall–Kier alpha value is -1.49. The van der Waals surface area contributed by atoms with Gasteiger partial charge in [0.05, 0.1) is 29.8 Å². The predicted octanol–water partition coefficient (Wildman–Crippen LogP) is 1.77. The van der Waals surface area contributed by atoms with E-state index in [-0.39, 0.29) is 50.2 Å². The molecule has 0 amide bonds. The molecule has 3 saturated carbocycles. The fourth-order valence-electron chi connectivity index (χ4n) is 9.09. The molecule has 0 aromatic carbocycles. The van der Waals surface area contributed by atoms with Crippen LogP contribution in [-0.4, -0.2) is 82.6 Å². The lowest BCUT2D eigenvalue weighted by molar-refractivity contribution is -0.213. The van der Waals surface area contributed by atoms with Gasteiger partial charge in [-0.25, -0.2) is 0 Å². The summed E-state index contributed by atoms with van der Waals surface area (Å²) in [6.07, 6.45) is 0.573. The normalized spacial score (nSPS) is 42.5.